The van der Waals surface area contributed by atoms with Crippen LogP contribution in [0.4, 0.5) is 0 Å². The molecule has 96 valence electrons. The number of carbonyl (C=O) groups is 2. The van der Waals surface area contributed by atoms with Gasteiger partial charge in [0, 0.05) is 12.6 Å². The monoisotopic (exact) mass is 248 g/mol. The van der Waals surface area contributed by atoms with E-state index in [1.54, 1.807) is 18.2 Å². The number of aliphatic hydroxyl groups is 1. The molecule has 0 fully saturated rings. The van der Waals surface area contributed by atoms with Gasteiger partial charge < -0.3 is 10.8 Å². The van der Waals surface area contributed by atoms with Gasteiger partial charge in [0.15, 0.2) is 0 Å². The van der Waals surface area contributed by atoms with Crippen LogP contribution in [0, 0.1) is 6.92 Å². The molecule has 2 rings (SSSR count). The fourth-order valence-corrected chi connectivity index (χ4v) is 1.93. The van der Waals surface area contributed by atoms with Crippen molar-refractivity contribution in [3.05, 3.63) is 34.9 Å². The first-order valence-corrected chi connectivity index (χ1v) is 5.82. The van der Waals surface area contributed by atoms with Gasteiger partial charge >= 0.3 is 0 Å². The van der Waals surface area contributed by atoms with Crippen molar-refractivity contribution < 1.29 is 14.7 Å². The maximum atomic E-state index is 12.1. The molecule has 0 spiro atoms. The van der Waals surface area contributed by atoms with E-state index in [1.165, 1.54) is 6.92 Å². The quantitative estimate of drug-likeness (QED) is 0.753. The average molecular weight is 248 g/mol. The molecule has 1 aromatic carbocycles. The summed E-state index contributed by atoms with van der Waals surface area (Å²) < 4.78 is 0. The van der Waals surface area contributed by atoms with Crippen LogP contribution in [-0.4, -0.2) is 40.5 Å². The lowest BCUT2D eigenvalue weighted by Gasteiger charge is -2.21. The van der Waals surface area contributed by atoms with E-state index in [1.807, 2.05) is 6.92 Å². The van der Waals surface area contributed by atoms with Crippen LogP contribution >= 0.6 is 0 Å². The highest BCUT2D eigenvalue weighted by Crippen LogP contribution is 2.23. The summed E-state index contributed by atoms with van der Waals surface area (Å²) in [7, 11) is 0. The molecule has 0 saturated heterocycles. The molecule has 0 bridgehead atoms. The molecule has 0 aliphatic carbocycles. The van der Waals surface area contributed by atoms with Gasteiger partial charge in [-0.2, -0.15) is 0 Å². The second kappa shape index (κ2) is 4.51. The fraction of sp³-hybridized carbons (Fsp3) is 0.385. The Labute approximate surface area is 105 Å². The van der Waals surface area contributed by atoms with E-state index in [0.717, 1.165) is 10.5 Å². The smallest absolute Gasteiger partial charge is 0.261 e. The summed E-state index contributed by atoms with van der Waals surface area (Å²) in [4.78, 5) is 25.2. The third kappa shape index (κ3) is 2.02. The molecule has 18 heavy (non-hydrogen) atoms. The predicted molar refractivity (Wildman–Crippen MR) is 66.2 cm³/mol. The number of carbonyl (C=O) groups excluding carboxylic acids is 2. The Morgan fingerprint density at radius 1 is 1.28 bits per heavy atom. The molecule has 2 unspecified atom stereocenters. The van der Waals surface area contributed by atoms with Gasteiger partial charge in [-0.05, 0) is 26.0 Å². The third-order valence-electron chi connectivity index (χ3n) is 3.14. The standard InChI is InChI=1S/C13H16N2O3/c1-7-3-4-9-10(5-7)13(18)15(12(9)17)6-11(14)8(2)16/h3-5,8,11,16H,6,14H2,1-2H3. The molecule has 2 amide bonds. The number of amides is 2. The third-order valence-corrected chi connectivity index (χ3v) is 3.14. The van der Waals surface area contributed by atoms with Crippen LogP contribution < -0.4 is 5.73 Å². The zero-order valence-corrected chi connectivity index (χ0v) is 10.4. The minimum atomic E-state index is -0.768. The van der Waals surface area contributed by atoms with Crippen LogP contribution in [0.2, 0.25) is 0 Å². The lowest BCUT2D eigenvalue weighted by atomic mass is 10.1. The van der Waals surface area contributed by atoms with Gasteiger partial charge in [0.2, 0.25) is 0 Å². The van der Waals surface area contributed by atoms with Gasteiger partial charge in [0.05, 0.1) is 17.2 Å². The lowest BCUT2D eigenvalue weighted by Crippen LogP contribution is -2.46. The average Bonchev–Trinajstić information content (AvgIpc) is 2.54. The van der Waals surface area contributed by atoms with Crippen molar-refractivity contribution in [3.63, 3.8) is 0 Å². The summed E-state index contributed by atoms with van der Waals surface area (Å²) in [6.07, 6.45) is -0.768. The summed E-state index contributed by atoms with van der Waals surface area (Å²) in [6, 6.07) is 4.51. The Morgan fingerprint density at radius 3 is 2.50 bits per heavy atom. The number of fused-ring (bicyclic) bond motifs is 1. The normalized spacial score (nSPS) is 17.9. The molecule has 0 saturated carbocycles. The first-order chi connectivity index (χ1) is 8.41. The van der Waals surface area contributed by atoms with E-state index < -0.39 is 12.1 Å². The van der Waals surface area contributed by atoms with E-state index >= 15 is 0 Å². The summed E-state index contributed by atoms with van der Waals surface area (Å²) >= 11 is 0. The van der Waals surface area contributed by atoms with Crippen LogP contribution in [0.5, 0.6) is 0 Å². The number of aliphatic hydroxyl groups excluding tert-OH is 1. The molecule has 5 heteroatoms. The van der Waals surface area contributed by atoms with E-state index in [0.29, 0.717) is 11.1 Å². The first-order valence-electron chi connectivity index (χ1n) is 5.82. The minimum absolute atomic E-state index is 0.0308. The summed E-state index contributed by atoms with van der Waals surface area (Å²) in [6.45, 7) is 3.43. The highest BCUT2D eigenvalue weighted by molar-refractivity contribution is 6.21. The predicted octanol–water partition coefficient (Wildman–Crippen LogP) is 0.299. The Balaban J connectivity index is 2.29. The molecule has 0 aromatic heterocycles. The molecule has 0 radical (unpaired) electrons. The van der Waals surface area contributed by atoms with E-state index in [4.69, 9.17) is 5.73 Å². The summed E-state index contributed by atoms with van der Waals surface area (Å²) in [5.74, 6) is -0.680. The molecule has 1 aromatic rings. The molecule has 3 N–H and O–H groups in total. The van der Waals surface area contributed by atoms with Gasteiger partial charge in [-0.15, -0.1) is 0 Å². The second-order valence-electron chi connectivity index (χ2n) is 4.67. The number of hydrogen-bond donors (Lipinski definition) is 2. The second-order valence-corrected chi connectivity index (χ2v) is 4.67. The van der Waals surface area contributed by atoms with E-state index in [-0.39, 0.29) is 18.4 Å². The number of nitrogens with two attached hydrogens (primary N) is 1. The van der Waals surface area contributed by atoms with Crippen molar-refractivity contribution in [1.82, 2.24) is 4.90 Å². The van der Waals surface area contributed by atoms with Gasteiger partial charge in [0.1, 0.15) is 0 Å². The Kier molecular flexibility index (Phi) is 3.19. The van der Waals surface area contributed by atoms with E-state index in [9.17, 15) is 14.7 Å². The number of rotatable bonds is 3. The number of benzene rings is 1. The van der Waals surface area contributed by atoms with Crippen molar-refractivity contribution >= 4 is 11.8 Å². The lowest BCUT2D eigenvalue weighted by molar-refractivity contribution is 0.0607. The van der Waals surface area contributed by atoms with Crippen LogP contribution in [0.3, 0.4) is 0 Å². The molecule has 1 aliphatic rings. The Hall–Kier alpha value is -1.72. The highest BCUT2D eigenvalue weighted by Gasteiger charge is 2.36. The molecule has 1 heterocycles. The number of imide groups is 1. The zero-order valence-electron chi connectivity index (χ0n) is 10.4. The van der Waals surface area contributed by atoms with Crippen molar-refractivity contribution in [1.29, 1.82) is 0 Å². The van der Waals surface area contributed by atoms with Gasteiger partial charge in [-0.25, -0.2) is 0 Å². The molecule has 1 aliphatic heterocycles. The molecular weight excluding hydrogens is 232 g/mol. The van der Waals surface area contributed by atoms with Crippen molar-refractivity contribution in [3.8, 4) is 0 Å². The largest absolute Gasteiger partial charge is 0.392 e. The first kappa shape index (κ1) is 12.7. The number of nitrogens with zero attached hydrogens (tertiary/aromatic N) is 1. The van der Waals surface area contributed by atoms with Crippen LogP contribution in [0.25, 0.3) is 0 Å². The minimum Gasteiger partial charge on any atom is -0.392 e. The zero-order chi connectivity index (χ0) is 13.4. The molecular formula is C13H16N2O3. The van der Waals surface area contributed by atoms with Crippen LogP contribution in [0.1, 0.15) is 33.2 Å². The van der Waals surface area contributed by atoms with Crippen molar-refractivity contribution in [2.45, 2.75) is 26.0 Å². The molecule has 5 nitrogen and oxygen atoms in total. The fourth-order valence-electron chi connectivity index (χ4n) is 1.93. The maximum absolute atomic E-state index is 12.1. The van der Waals surface area contributed by atoms with Gasteiger partial charge in [-0.1, -0.05) is 11.6 Å². The maximum Gasteiger partial charge on any atom is 0.261 e. The topological polar surface area (TPSA) is 83.6 Å². The van der Waals surface area contributed by atoms with Crippen molar-refractivity contribution in [2.24, 2.45) is 5.73 Å². The van der Waals surface area contributed by atoms with Crippen molar-refractivity contribution in [2.75, 3.05) is 6.54 Å². The Morgan fingerprint density at radius 2 is 1.89 bits per heavy atom. The SMILES string of the molecule is Cc1ccc2c(c1)C(=O)N(CC(N)C(C)O)C2=O. The highest BCUT2D eigenvalue weighted by atomic mass is 16.3. The van der Waals surface area contributed by atoms with Crippen LogP contribution in [-0.2, 0) is 0 Å². The van der Waals surface area contributed by atoms with Gasteiger partial charge in [0.25, 0.3) is 11.8 Å². The van der Waals surface area contributed by atoms with Gasteiger partial charge in [-0.3, -0.25) is 14.5 Å². The summed E-state index contributed by atoms with van der Waals surface area (Å²) in [5.41, 5.74) is 7.44. The van der Waals surface area contributed by atoms with Crippen LogP contribution in [0.15, 0.2) is 18.2 Å². The van der Waals surface area contributed by atoms with E-state index in [2.05, 4.69) is 0 Å². The summed E-state index contributed by atoms with van der Waals surface area (Å²) in [5, 5.41) is 9.34. The number of hydrogen-bond acceptors (Lipinski definition) is 4. The molecule has 2 atom stereocenters. The number of aryl methyl sites for hydroxylation is 1. The Bertz CT molecular complexity index is 511.